The number of hydrogen-bond donors (Lipinski definition) is 2. The molecule has 1 aliphatic rings. The van der Waals surface area contributed by atoms with E-state index < -0.39 is 0 Å². The van der Waals surface area contributed by atoms with E-state index in [1.54, 1.807) is 0 Å². The van der Waals surface area contributed by atoms with Gasteiger partial charge in [0.25, 0.3) is 0 Å². The SMILES string of the molecule is CCCCC(CCC[N+](CCCC)(CCCC)CCCC)c1cc(C)c(O)c(C=N[C@H]2CCCC[C@@H]2N=Cc2cc(C(CCC[N+](CCCC)(CCCC)CCCC)CCC[N+](CCCC)(CCCC)CCCC)cc(C)c2O)c1. The first kappa shape index (κ1) is 71.5. The van der Waals surface area contributed by atoms with E-state index in [0.717, 1.165) is 47.9 Å². The third-order valence-electron chi connectivity index (χ3n) is 19.5. The molecule has 1 unspecified atom stereocenters. The Morgan fingerprint density at radius 2 is 0.613 bits per heavy atom. The van der Waals surface area contributed by atoms with Gasteiger partial charge in [-0.05, 0) is 176 Å². The van der Waals surface area contributed by atoms with E-state index >= 15 is 0 Å². The van der Waals surface area contributed by atoms with Crippen LogP contribution in [0.15, 0.2) is 34.3 Å². The van der Waals surface area contributed by atoms with Crippen molar-refractivity contribution in [2.75, 3.05) is 78.5 Å². The highest BCUT2D eigenvalue weighted by molar-refractivity contribution is 5.86. The van der Waals surface area contributed by atoms with Gasteiger partial charge in [-0.3, -0.25) is 9.98 Å². The zero-order valence-corrected chi connectivity index (χ0v) is 55.3. The van der Waals surface area contributed by atoms with Crippen molar-refractivity contribution in [3.8, 4) is 11.5 Å². The van der Waals surface area contributed by atoms with Crippen LogP contribution in [0.5, 0.6) is 11.5 Å². The first-order chi connectivity index (χ1) is 38.8. The van der Waals surface area contributed by atoms with Gasteiger partial charge < -0.3 is 23.7 Å². The van der Waals surface area contributed by atoms with Crippen LogP contribution in [-0.2, 0) is 0 Å². The van der Waals surface area contributed by atoms with E-state index in [0.29, 0.717) is 23.3 Å². The highest BCUT2D eigenvalue weighted by Gasteiger charge is 2.31. The molecule has 7 nitrogen and oxygen atoms in total. The predicted molar refractivity (Wildman–Crippen MR) is 353 cm³/mol. The lowest BCUT2D eigenvalue weighted by Crippen LogP contribution is -2.51. The van der Waals surface area contributed by atoms with Gasteiger partial charge in [0.05, 0.1) is 90.6 Å². The van der Waals surface area contributed by atoms with Gasteiger partial charge in [0.1, 0.15) is 11.5 Å². The molecule has 80 heavy (non-hydrogen) atoms. The number of phenolic OH excluding ortho intramolecular Hbond substituents is 2. The molecule has 2 aromatic rings. The summed E-state index contributed by atoms with van der Waals surface area (Å²) in [7, 11) is 0. The predicted octanol–water partition coefficient (Wildman–Crippen LogP) is 19.9. The summed E-state index contributed by atoms with van der Waals surface area (Å²) in [6, 6.07) is 9.31. The molecule has 0 amide bonds. The number of hydrogen-bond acceptors (Lipinski definition) is 4. The van der Waals surface area contributed by atoms with Crippen LogP contribution in [0.3, 0.4) is 0 Å². The van der Waals surface area contributed by atoms with Crippen molar-refractivity contribution >= 4 is 12.4 Å². The van der Waals surface area contributed by atoms with Gasteiger partial charge in [0.2, 0.25) is 0 Å². The summed E-state index contributed by atoms with van der Waals surface area (Å²) in [4.78, 5) is 10.7. The second-order valence-corrected chi connectivity index (χ2v) is 26.4. The van der Waals surface area contributed by atoms with E-state index in [1.807, 2.05) is 12.4 Å². The van der Waals surface area contributed by atoms with Crippen LogP contribution >= 0.6 is 0 Å². The van der Waals surface area contributed by atoms with E-state index in [9.17, 15) is 10.2 Å². The zero-order chi connectivity index (χ0) is 58.5. The molecular formula is C73H134N5O2+3. The summed E-state index contributed by atoms with van der Waals surface area (Å²) in [5.74, 6) is 1.67. The Kier molecular flexibility index (Phi) is 36.9. The number of nitrogens with zero attached hydrogens (tertiary/aromatic N) is 5. The second-order valence-electron chi connectivity index (χ2n) is 26.4. The van der Waals surface area contributed by atoms with Gasteiger partial charge in [-0.1, -0.05) is 165 Å². The molecule has 460 valence electrons. The van der Waals surface area contributed by atoms with Gasteiger partial charge in [0.15, 0.2) is 0 Å². The number of benzene rings is 2. The first-order valence-corrected chi connectivity index (χ1v) is 35.1. The molecule has 0 spiro atoms. The van der Waals surface area contributed by atoms with Crippen molar-refractivity contribution in [1.29, 1.82) is 0 Å². The Hall–Kier alpha value is -2.74. The number of rotatable bonds is 48. The molecule has 7 heteroatoms. The molecule has 2 aromatic carbocycles. The van der Waals surface area contributed by atoms with E-state index in [2.05, 4.69) is 107 Å². The average Bonchev–Trinajstić information content (AvgIpc) is 3.50. The third kappa shape index (κ3) is 25.2. The molecule has 0 heterocycles. The fraction of sp³-hybridized carbons (Fsp3) is 0.808. The smallest absolute Gasteiger partial charge is 0.127 e. The minimum absolute atomic E-state index is 0.0370. The Labute approximate surface area is 497 Å². The summed E-state index contributed by atoms with van der Waals surface area (Å²) < 4.78 is 3.90. The van der Waals surface area contributed by atoms with Crippen LogP contribution in [0.1, 0.15) is 313 Å². The molecule has 0 aromatic heterocycles. The Morgan fingerprint density at radius 3 is 0.863 bits per heavy atom. The van der Waals surface area contributed by atoms with Gasteiger partial charge in [0, 0.05) is 23.6 Å². The topological polar surface area (TPSA) is 65.2 Å². The molecule has 1 aliphatic carbocycles. The molecule has 0 radical (unpaired) electrons. The minimum Gasteiger partial charge on any atom is -0.507 e. The van der Waals surface area contributed by atoms with E-state index in [-0.39, 0.29) is 12.1 Å². The van der Waals surface area contributed by atoms with Crippen molar-refractivity contribution in [3.63, 3.8) is 0 Å². The van der Waals surface area contributed by atoms with Crippen LogP contribution in [0.2, 0.25) is 0 Å². The van der Waals surface area contributed by atoms with Crippen molar-refractivity contribution in [3.05, 3.63) is 57.6 Å². The molecular weight excluding hydrogens is 979 g/mol. The van der Waals surface area contributed by atoms with Gasteiger partial charge in [-0.25, -0.2) is 0 Å². The summed E-state index contributed by atoms with van der Waals surface area (Å²) >= 11 is 0. The van der Waals surface area contributed by atoms with Crippen LogP contribution in [-0.4, -0.2) is 127 Å². The Balaban J connectivity index is 1.99. The second kappa shape index (κ2) is 41.3. The molecule has 3 rings (SSSR count). The quantitative estimate of drug-likeness (QED) is 0.0512. The summed E-state index contributed by atoms with van der Waals surface area (Å²) in [6.45, 7) is 43.6. The molecule has 0 aliphatic heterocycles. The van der Waals surface area contributed by atoms with Gasteiger partial charge >= 0.3 is 0 Å². The Bertz CT molecular complexity index is 1850. The number of quaternary nitrogens is 3. The van der Waals surface area contributed by atoms with E-state index in [4.69, 9.17) is 9.98 Å². The zero-order valence-electron chi connectivity index (χ0n) is 55.3. The Morgan fingerprint density at radius 1 is 0.375 bits per heavy atom. The highest BCUT2D eigenvalue weighted by atomic mass is 16.3. The van der Waals surface area contributed by atoms with Crippen LogP contribution in [0.25, 0.3) is 0 Å². The number of aromatic hydroxyl groups is 2. The standard InChI is InChI=1S/C73H132N5O2/c1-13-23-38-64(39-35-53-76(44-24-14-2,45-25-15-3)46-26-16-4)66-56-62(11)72(79)68(58-66)60-74-70-42-33-34-43-71(70)75-61-69-59-67(57-63(12)73(69)80)65(40-36-54-77(47-27-17-5,48-28-18-6)49-29-19-7)41-37-55-78(50-30-20-8,51-31-21-9)52-32-22-10/h56-61,64-65,70-71H,13-55H2,1-12H3/q+1/p+2/t64?,70-,71-/m0/s1. The lowest BCUT2D eigenvalue weighted by molar-refractivity contribution is -0.929. The van der Waals surface area contributed by atoms with Crippen molar-refractivity contribution in [1.82, 2.24) is 0 Å². The van der Waals surface area contributed by atoms with Gasteiger partial charge in [-0.15, -0.1) is 0 Å². The molecule has 0 saturated heterocycles. The van der Waals surface area contributed by atoms with Crippen molar-refractivity contribution < 1.29 is 23.7 Å². The molecule has 3 atom stereocenters. The number of aliphatic imine (C=N–C) groups is 2. The lowest BCUT2D eigenvalue weighted by atomic mass is 9.87. The maximum Gasteiger partial charge on any atom is 0.127 e. The molecule has 0 bridgehead atoms. The van der Waals surface area contributed by atoms with Crippen molar-refractivity contribution in [2.45, 2.75) is 306 Å². The summed E-state index contributed by atoms with van der Waals surface area (Å²) in [6.07, 6.45) is 42.6. The van der Waals surface area contributed by atoms with E-state index in [1.165, 1.54) is 276 Å². The number of aryl methyl sites for hydroxylation is 2. The fourth-order valence-electron chi connectivity index (χ4n) is 14.0. The minimum atomic E-state index is 0.0370. The third-order valence-corrected chi connectivity index (χ3v) is 19.5. The lowest BCUT2D eigenvalue weighted by Gasteiger charge is -2.40. The monoisotopic (exact) mass is 1110 g/mol. The van der Waals surface area contributed by atoms with Crippen molar-refractivity contribution in [2.24, 2.45) is 9.98 Å². The molecule has 1 saturated carbocycles. The summed E-state index contributed by atoms with van der Waals surface area (Å²) in [5.41, 5.74) is 6.42. The average molecular weight is 1110 g/mol. The van der Waals surface area contributed by atoms with Gasteiger partial charge in [-0.2, -0.15) is 0 Å². The molecule has 1 fully saturated rings. The molecule has 2 N–H and O–H groups in total. The maximum absolute atomic E-state index is 11.8. The fourth-order valence-corrected chi connectivity index (χ4v) is 14.0. The summed E-state index contributed by atoms with van der Waals surface area (Å²) in [5, 5.41) is 23.5. The number of phenols is 2. The largest absolute Gasteiger partial charge is 0.507 e. The normalized spacial score (nSPS) is 16.1. The van der Waals surface area contributed by atoms with Crippen LogP contribution in [0, 0.1) is 13.8 Å². The number of unbranched alkanes of at least 4 members (excludes halogenated alkanes) is 10. The van der Waals surface area contributed by atoms with Crippen LogP contribution in [0.4, 0.5) is 0 Å². The first-order valence-electron chi connectivity index (χ1n) is 35.1. The highest BCUT2D eigenvalue weighted by Crippen LogP contribution is 2.36. The maximum atomic E-state index is 11.8. The van der Waals surface area contributed by atoms with Crippen LogP contribution < -0.4 is 0 Å².